The highest BCUT2D eigenvalue weighted by atomic mass is 16.4. The first-order valence-corrected chi connectivity index (χ1v) is 13.1. The Hall–Kier alpha value is -5.24. The number of oxazole rings is 1. The van der Waals surface area contributed by atoms with E-state index in [1.807, 2.05) is 65.6 Å². The van der Waals surface area contributed by atoms with Crippen molar-refractivity contribution in [2.45, 2.75) is 0 Å². The summed E-state index contributed by atoms with van der Waals surface area (Å²) in [7, 11) is 0. The topological polar surface area (TPSA) is 91.6 Å². The Kier molecular flexibility index (Phi) is 7.05. The third-order valence-corrected chi connectivity index (χ3v) is 6.87. The third-order valence-electron chi connectivity index (χ3n) is 6.87. The molecule has 8 heteroatoms. The number of carbonyl (C=O) groups is 2. The average Bonchev–Trinajstić information content (AvgIpc) is 3.48. The second kappa shape index (κ2) is 11.2. The minimum atomic E-state index is -0.252. The van der Waals surface area contributed by atoms with Crippen molar-refractivity contribution in [1.82, 2.24) is 14.9 Å². The van der Waals surface area contributed by atoms with E-state index in [1.54, 1.807) is 30.5 Å². The summed E-state index contributed by atoms with van der Waals surface area (Å²) in [6.45, 7) is 2.64. The number of hydrogen-bond donors (Lipinski definition) is 1. The summed E-state index contributed by atoms with van der Waals surface area (Å²) < 4.78 is 6.21. The normalized spacial score (nSPS) is 13.2. The van der Waals surface area contributed by atoms with Gasteiger partial charge in [-0.05, 0) is 60.7 Å². The molecular formula is C32H27N5O3. The van der Waals surface area contributed by atoms with Crippen molar-refractivity contribution in [3.63, 3.8) is 0 Å². The van der Waals surface area contributed by atoms with E-state index in [-0.39, 0.29) is 17.5 Å². The Labute approximate surface area is 231 Å². The van der Waals surface area contributed by atoms with Gasteiger partial charge in [0.2, 0.25) is 5.89 Å². The summed E-state index contributed by atoms with van der Waals surface area (Å²) in [4.78, 5) is 39.1. The molecule has 0 atom stereocenters. The van der Waals surface area contributed by atoms with Crippen LogP contribution in [-0.2, 0) is 0 Å². The van der Waals surface area contributed by atoms with Crippen LogP contribution in [0.1, 0.15) is 20.8 Å². The van der Waals surface area contributed by atoms with Crippen molar-refractivity contribution < 1.29 is 14.0 Å². The van der Waals surface area contributed by atoms with Gasteiger partial charge in [-0.2, -0.15) is 0 Å². The lowest BCUT2D eigenvalue weighted by Crippen LogP contribution is -2.49. The first-order chi connectivity index (χ1) is 19.7. The number of piperazine rings is 1. The number of anilines is 2. The molecule has 1 aliphatic rings. The fourth-order valence-corrected chi connectivity index (χ4v) is 4.73. The van der Waals surface area contributed by atoms with E-state index in [9.17, 15) is 9.59 Å². The maximum Gasteiger partial charge on any atom is 0.276 e. The predicted molar refractivity (Wildman–Crippen MR) is 154 cm³/mol. The number of para-hydroxylation sites is 1. The molecule has 1 N–H and O–H groups in total. The SMILES string of the molecule is O=C(Nc1ccc(-c2oc(-c3ccccc3)nc2C(=O)N2CCN(c3ccccc3)CC2)cc1)c1cccnc1. The Morgan fingerprint density at radius 3 is 2.12 bits per heavy atom. The van der Waals surface area contributed by atoms with E-state index in [0.29, 0.717) is 41.6 Å². The molecule has 3 heterocycles. The predicted octanol–water partition coefficient (Wildman–Crippen LogP) is 5.62. The third kappa shape index (κ3) is 5.33. The molecule has 0 saturated carbocycles. The van der Waals surface area contributed by atoms with E-state index in [2.05, 4.69) is 32.3 Å². The zero-order chi connectivity index (χ0) is 27.3. The van der Waals surface area contributed by atoms with Crippen LogP contribution in [0.4, 0.5) is 11.4 Å². The van der Waals surface area contributed by atoms with E-state index < -0.39 is 0 Å². The van der Waals surface area contributed by atoms with Gasteiger partial charge in [0.25, 0.3) is 11.8 Å². The van der Waals surface area contributed by atoms with Gasteiger partial charge < -0.3 is 19.5 Å². The van der Waals surface area contributed by atoms with Gasteiger partial charge in [0.1, 0.15) is 0 Å². The number of carbonyl (C=O) groups excluding carboxylic acids is 2. The van der Waals surface area contributed by atoms with Gasteiger partial charge >= 0.3 is 0 Å². The van der Waals surface area contributed by atoms with Crippen molar-refractivity contribution in [3.05, 3.63) is 121 Å². The number of pyridine rings is 1. The van der Waals surface area contributed by atoms with Gasteiger partial charge in [-0.15, -0.1) is 0 Å². The van der Waals surface area contributed by atoms with Gasteiger partial charge in [-0.1, -0.05) is 36.4 Å². The van der Waals surface area contributed by atoms with Crippen molar-refractivity contribution in [2.75, 3.05) is 36.4 Å². The number of hydrogen-bond acceptors (Lipinski definition) is 6. The van der Waals surface area contributed by atoms with Crippen molar-refractivity contribution in [3.8, 4) is 22.8 Å². The number of nitrogens with zero attached hydrogens (tertiary/aromatic N) is 4. The van der Waals surface area contributed by atoms with Crippen LogP contribution in [-0.4, -0.2) is 52.9 Å². The van der Waals surface area contributed by atoms with E-state index in [0.717, 1.165) is 24.3 Å². The lowest BCUT2D eigenvalue weighted by molar-refractivity contribution is 0.0741. The number of aromatic nitrogens is 2. The molecule has 5 aromatic rings. The van der Waals surface area contributed by atoms with Crippen LogP contribution in [0.2, 0.25) is 0 Å². The average molecular weight is 530 g/mol. The molecular weight excluding hydrogens is 502 g/mol. The number of nitrogens with one attached hydrogen (secondary N) is 1. The maximum absolute atomic E-state index is 13.8. The minimum absolute atomic E-state index is 0.164. The lowest BCUT2D eigenvalue weighted by Gasteiger charge is -2.35. The largest absolute Gasteiger partial charge is 0.435 e. The highest BCUT2D eigenvalue weighted by Gasteiger charge is 2.29. The molecule has 0 aliphatic carbocycles. The smallest absolute Gasteiger partial charge is 0.276 e. The summed E-state index contributed by atoms with van der Waals surface area (Å²) in [5.74, 6) is 0.371. The van der Waals surface area contributed by atoms with E-state index >= 15 is 0 Å². The summed E-state index contributed by atoms with van der Waals surface area (Å²) >= 11 is 0. The Morgan fingerprint density at radius 2 is 1.45 bits per heavy atom. The molecule has 1 aliphatic heterocycles. The van der Waals surface area contributed by atoms with Crippen LogP contribution in [0.5, 0.6) is 0 Å². The van der Waals surface area contributed by atoms with Crippen molar-refractivity contribution in [1.29, 1.82) is 0 Å². The van der Waals surface area contributed by atoms with Crippen LogP contribution in [0.25, 0.3) is 22.8 Å². The molecule has 2 amide bonds. The summed E-state index contributed by atoms with van der Waals surface area (Å²) in [5.41, 5.74) is 4.00. The fourth-order valence-electron chi connectivity index (χ4n) is 4.73. The second-order valence-corrected chi connectivity index (χ2v) is 9.45. The van der Waals surface area contributed by atoms with Crippen LogP contribution >= 0.6 is 0 Å². The van der Waals surface area contributed by atoms with Gasteiger partial charge in [-0.3, -0.25) is 14.6 Å². The van der Waals surface area contributed by atoms with Gasteiger partial charge in [0.15, 0.2) is 11.5 Å². The molecule has 3 aromatic carbocycles. The molecule has 6 rings (SSSR count). The lowest BCUT2D eigenvalue weighted by atomic mass is 10.1. The molecule has 8 nitrogen and oxygen atoms in total. The standard InChI is InChI=1S/C32H27N5O3/c38-30(25-10-7-17-33-22-25)34-26-15-13-23(14-16-26)29-28(35-31(40-29)24-8-3-1-4-9-24)32(39)37-20-18-36(19-21-37)27-11-5-2-6-12-27/h1-17,22H,18-21H2,(H,34,38). The fraction of sp³-hybridized carbons (Fsp3) is 0.125. The quantitative estimate of drug-likeness (QED) is 0.307. The molecule has 1 fully saturated rings. The van der Waals surface area contributed by atoms with Gasteiger partial charge in [-0.25, -0.2) is 4.98 Å². The summed E-state index contributed by atoms with van der Waals surface area (Å²) in [6.07, 6.45) is 3.13. The highest BCUT2D eigenvalue weighted by Crippen LogP contribution is 2.32. The van der Waals surface area contributed by atoms with Crippen molar-refractivity contribution >= 4 is 23.2 Å². The van der Waals surface area contributed by atoms with Crippen LogP contribution in [0, 0.1) is 0 Å². The summed E-state index contributed by atoms with van der Waals surface area (Å²) in [6, 6.07) is 30.4. The zero-order valence-electron chi connectivity index (χ0n) is 21.7. The van der Waals surface area contributed by atoms with Gasteiger partial charge in [0, 0.05) is 61.1 Å². The number of amides is 2. The highest BCUT2D eigenvalue weighted by molar-refractivity contribution is 6.04. The first-order valence-electron chi connectivity index (χ1n) is 13.1. The van der Waals surface area contributed by atoms with Crippen LogP contribution in [0.15, 0.2) is 114 Å². The monoisotopic (exact) mass is 529 g/mol. The molecule has 0 bridgehead atoms. The molecule has 1 saturated heterocycles. The second-order valence-electron chi connectivity index (χ2n) is 9.45. The number of rotatable bonds is 6. The molecule has 0 unspecified atom stereocenters. The van der Waals surface area contributed by atoms with Crippen molar-refractivity contribution in [2.24, 2.45) is 0 Å². The van der Waals surface area contributed by atoms with E-state index in [4.69, 9.17) is 4.42 Å². The molecule has 0 radical (unpaired) electrons. The van der Waals surface area contributed by atoms with Gasteiger partial charge in [0.05, 0.1) is 5.56 Å². The molecule has 40 heavy (non-hydrogen) atoms. The zero-order valence-corrected chi connectivity index (χ0v) is 21.7. The number of benzene rings is 3. The van der Waals surface area contributed by atoms with E-state index in [1.165, 1.54) is 6.20 Å². The Morgan fingerprint density at radius 1 is 0.750 bits per heavy atom. The first kappa shape index (κ1) is 25.1. The molecule has 198 valence electrons. The Bertz CT molecular complexity index is 1600. The Balaban J connectivity index is 1.25. The summed E-state index contributed by atoms with van der Waals surface area (Å²) in [5, 5.41) is 2.87. The van der Waals surface area contributed by atoms with Crippen LogP contribution < -0.4 is 10.2 Å². The maximum atomic E-state index is 13.8. The minimum Gasteiger partial charge on any atom is -0.435 e. The van der Waals surface area contributed by atoms with Crippen LogP contribution in [0.3, 0.4) is 0 Å². The molecule has 0 spiro atoms. The molecule has 2 aromatic heterocycles.